The summed E-state index contributed by atoms with van der Waals surface area (Å²) in [7, 11) is 0. The van der Waals surface area contributed by atoms with Crippen molar-refractivity contribution in [3.8, 4) is 0 Å². The Morgan fingerprint density at radius 1 is 1.50 bits per heavy atom. The fourth-order valence-electron chi connectivity index (χ4n) is 1.24. The fourth-order valence-corrected chi connectivity index (χ4v) is 1.44. The Kier molecular flexibility index (Phi) is 4.67. The molecular formula is C10H14BrN3O2. The highest BCUT2D eigenvalue weighted by Crippen LogP contribution is 2.11. The lowest BCUT2D eigenvalue weighted by atomic mass is 10.0. The van der Waals surface area contributed by atoms with Crippen LogP contribution >= 0.6 is 15.9 Å². The van der Waals surface area contributed by atoms with Gasteiger partial charge in [0, 0.05) is 12.4 Å². The molecule has 16 heavy (non-hydrogen) atoms. The first-order valence-corrected chi connectivity index (χ1v) is 5.75. The van der Waals surface area contributed by atoms with E-state index in [0.717, 1.165) is 4.47 Å². The molecule has 0 saturated heterocycles. The number of hydrogen-bond donors (Lipinski definition) is 2. The molecule has 0 aliphatic carbocycles. The molecule has 1 atom stereocenters. The first-order valence-electron chi connectivity index (χ1n) is 4.96. The molecule has 0 radical (unpaired) electrons. The lowest BCUT2D eigenvalue weighted by Gasteiger charge is -2.15. The van der Waals surface area contributed by atoms with Gasteiger partial charge in [-0.2, -0.15) is 0 Å². The highest BCUT2D eigenvalue weighted by molar-refractivity contribution is 9.10. The molecule has 1 heterocycles. The normalized spacial score (nSPS) is 12.5. The number of carboxylic acids is 1. The molecule has 0 saturated carbocycles. The van der Waals surface area contributed by atoms with E-state index in [1.165, 1.54) is 0 Å². The number of anilines is 1. The van der Waals surface area contributed by atoms with E-state index >= 15 is 0 Å². The number of nitrogens with one attached hydrogen (secondary N) is 1. The third-order valence-electron chi connectivity index (χ3n) is 1.93. The van der Waals surface area contributed by atoms with Gasteiger partial charge in [0.15, 0.2) is 0 Å². The maximum atomic E-state index is 11.0. The molecule has 5 nitrogen and oxygen atoms in total. The van der Waals surface area contributed by atoms with Crippen LogP contribution in [0.1, 0.15) is 20.3 Å². The van der Waals surface area contributed by atoms with Crippen molar-refractivity contribution in [3.63, 3.8) is 0 Å². The zero-order valence-electron chi connectivity index (χ0n) is 9.14. The smallest absolute Gasteiger partial charge is 0.326 e. The van der Waals surface area contributed by atoms with Gasteiger partial charge in [-0.25, -0.2) is 14.8 Å². The fraction of sp³-hybridized carbons (Fsp3) is 0.500. The van der Waals surface area contributed by atoms with Crippen LogP contribution in [0.3, 0.4) is 0 Å². The average Bonchev–Trinajstić information content (AvgIpc) is 2.19. The standard InChI is InChI=1S/C10H14BrN3O2/c1-6(2)3-8(9(15)16)14-10-12-4-7(11)5-13-10/h4-6,8H,3H2,1-2H3,(H,15,16)(H,12,13,14)/t8-/m1/s1. The van der Waals surface area contributed by atoms with Crippen LogP contribution in [0, 0.1) is 5.92 Å². The van der Waals surface area contributed by atoms with Gasteiger partial charge in [0.2, 0.25) is 5.95 Å². The monoisotopic (exact) mass is 287 g/mol. The quantitative estimate of drug-likeness (QED) is 0.868. The van der Waals surface area contributed by atoms with Gasteiger partial charge in [0.1, 0.15) is 6.04 Å². The van der Waals surface area contributed by atoms with Crippen LogP contribution in [0.2, 0.25) is 0 Å². The first kappa shape index (κ1) is 12.9. The topological polar surface area (TPSA) is 75.1 Å². The number of rotatable bonds is 5. The molecule has 1 aromatic heterocycles. The second-order valence-electron chi connectivity index (χ2n) is 3.89. The number of aromatic nitrogens is 2. The highest BCUT2D eigenvalue weighted by Gasteiger charge is 2.19. The number of carboxylic acid groups (broad SMARTS) is 1. The minimum Gasteiger partial charge on any atom is -0.480 e. The summed E-state index contributed by atoms with van der Waals surface area (Å²) in [6, 6.07) is -0.652. The van der Waals surface area contributed by atoms with Crippen LogP contribution in [-0.2, 0) is 4.79 Å². The summed E-state index contributed by atoms with van der Waals surface area (Å²) < 4.78 is 0.758. The van der Waals surface area contributed by atoms with Crippen molar-refractivity contribution in [2.75, 3.05) is 5.32 Å². The molecule has 0 bridgehead atoms. The zero-order chi connectivity index (χ0) is 12.1. The largest absolute Gasteiger partial charge is 0.480 e. The second-order valence-corrected chi connectivity index (χ2v) is 4.81. The average molecular weight is 288 g/mol. The van der Waals surface area contributed by atoms with E-state index in [0.29, 0.717) is 18.3 Å². The Labute approximate surface area is 102 Å². The van der Waals surface area contributed by atoms with Crippen LogP contribution in [0.4, 0.5) is 5.95 Å². The molecule has 0 aliphatic rings. The molecule has 0 amide bonds. The van der Waals surface area contributed by atoms with E-state index in [9.17, 15) is 4.79 Å². The molecule has 6 heteroatoms. The van der Waals surface area contributed by atoms with Crippen molar-refractivity contribution in [2.24, 2.45) is 5.92 Å². The minimum absolute atomic E-state index is 0.295. The summed E-state index contributed by atoms with van der Waals surface area (Å²) in [5, 5.41) is 11.8. The van der Waals surface area contributed by atoms with Crippen LogP contribution in [0.15, 0.2) is 16.9 Å². The van der Waals surface area contributed by atoms with Crippen molar-refractivity contribution in [1.82, 2.24) is 9.97 Å². The number of hydrogen-bond acceptors (Lipinski definition) is 4. The SMILES string of the molecule is CC(C)C[C@@H](Nc1ncc(Br)cn1)C(=O)O. The highest BCUT2D eigenvalue weighted by atomic mass is 79.9. The van der Waals surface area contributed by atoms with Crippen molar-refractivity contribution in [3.05, 3.63) is 16.9 Å². The van der Waals surface area contributed by atoms with E-state index in [4.69, 9.17) is 5.11 Å². The predicted octanol–water partition coefficient (Wildman–Crippen LogP) is 2.15. The Morgan fingerprint density at radius 2 is 2.06 bits per heavy atom. The Hall–Kier alpha value is -1.17. The number of carbonyl (C=O) groups is 1. The summed E-state index contributed by atoms with van der Waals surface area (Å²) in [5.74, 6) is -0.263. The molecule has 0 aromatic carbocycles. The molecule has 88 valence electrons. The molecule has 1 aromatic rings. The van der Waals surface area contributed by atoms with E-state index < -0.39 is 12.0 Å². The number of halogens is 1. The molecule has 0 aliphatic heterocycles. The van der Waals surface area contributed by atoms with Gasteiger partial charge in [0.05, 0.1) is 4.47 Å². The third kappa shape index (κ3) is 4.14. The summed E-state index contributed by atoms with van der Waals surface area (Å²) >= 11 is 3.21. The van der Waals surface area contributed by atoms with Gasteiger partial charge in [-0.15, -0.1) is 0 Å². The minimum atomic E-state index is -0.889. The maximum absolute atomic E-state index is 11.0. The van der Waals surface area contributed by atoms with Gasteiger partial charge in [-0.1, -0.05) is 13.8 Å². The molecule has 2 N–H and O–H groups in total. The number of aliphatic carboxylic acids is 1. The van der Waals surface area contributed by atoms with Crippen LogP contribution in [0.5, 0.6) is 0 Å². The Bertz CT molecular complexity index is 354. The molecule has 0 unspecified atom stereocenters. The molecule has 0 spiro atoms. The van der Waals surface area contributed by atoms with Gasteiger partial charge in [0.25, 0.3) is 0 Å². The Balaban J connectivity index is 2.68. The summed E-state index contributed by atoms with van der Waals surface area (Å²) in [5.41, 5.74) is 0. The van der Waals surface area contributed by atoms with Crippen LogP contribution in [-0.4, -0.2) is 27.1 Å². The lowest BCUT2D eigenvalue weighted by Crippen LogP contribution is -2.31. The summed E-state index contributed by atoms with van der Waals surface area (Å²) in [4.78, 5) is 18.9. The third-order valence-corrected chi connectivity index (χ3v) is 2.34. The van der Waals surface area contributed by atoms with Crippen molar-refractivity contribution in [2.45, 2.75) is 26.3 Å². The summed E-state index contributed by atoms with van der Waals surface area (Å²) in [6.45, 7) is 3.94. The molecule has 0 fully saturated rings. The molecule has 1 rings (SSSR count). The van der Waals surface area contributed by atoms with Crippen molar-refractivity contribution >= 4 is 27.8 Å². The van der Waals surface area contributed by atoms with Gasteiger partial charge in [-0.3, -0.25) is 0 Å². The van der Waals surface area contributed by atoms with Gasteiger partial charge < -0.3 is 10.4 Å². The number of nitrogens with zero attached hydrogens (tertiary/aromatic N) is 2. The summed E-state index contributed by atoms with van der Waals surface area (Å²) in [6.07, 6.45) is 3.68. The van der Waals surface area contributed by atoms with Crippen LogP contribution in [0.25, 0.3) is 0 Å². The van der Waals surface area contributed by atoms with E-state index in [1.807, 2.05) is 13.8 Å². The maximum Gasteiger partial charge on any atom is 0.326 e. The second kappa shape index (κ2) is 5.79. The predicted molar refractivity (Wildman–Crippen MR) is 64.2 cm³/mol. The molecular weight excluding hydrogens is 274 g/mol. The van der Waals surface area contributed by atoms with Gasteiger partial charge in [-0.05, 0) is 28.3 Å². The van der Waals surface area contributed by atoms with Crippen LogP contribution < -0.4 is 5.32 Å². The van der Waals surface area contributed by atoms with Crippen molar-refractivity contribution < 1.29 is 9.90 Å². The van der Waals surface area contributed by atoms with E-state index in [2.05, 4.69) is 31.2 Å². The lowest BCUT2D eigenvalue weighted by molar-refractivity contribution is -0.138. The Morgan fingerprint density at radius 3 is 2.50 bits per heavy atom. The van der Waals surface area contributed by atoms with E-state index in [-0.39, 0.29) is 0 Å². The van der Waals surface area contributed by atoms with Gasteiger partial charge >= 0.3 is 5.97 Å². The van der Waals surface area contributed by atoms with Crippen molar-refractivity contribution in [1.29, 1.82) is 0 Å². The zero-order valence-corrected chi connectivity index (χ0v) is 10.7. The van der Waals surface area contributed by atoms with E-state index in [1.54, 1.807) is 12.4 Å². The first-order chi connectivity index (χ1) is 7.49.